The molecule has 3 nitrogen and oxygen atoms in total. The van der Waals surface area contributed by atoms with Crippen LogP contribution < -0.4 is 10.6 Å². The smallest absolute Gasteiger partial charge is 0.101 e. The Balaban J connectivity index is 1.98. The van der Waals surface area contributed by atoms with Crippen molar-refractivity contribution in [1.29, 1.82) is 5.26 Å². The topological polar surface area (TPSA) is 47.9 Å². The molecule has 22 heavy (non-hydrogen) atoms. The molecule has 0 saturated carbocycles. The number of nitrogens with zero attached hydrogens (tertiary/aromatic N) is 1. The number of rotatable bonds is 4. The van der Waals surface area contributed by atoms with Gasteiger partial charge >= 0.3 is 0 Å². The monoisotopic (exact) mass is 285 g/mol. The highest BCUT2D eigenvalue weighted by Crippen LogP contribution is 2.31. The maximum absolute atomic E-state index is 9.37. The first-order valence-electron chi connectivity index (χ1n) is 7.04. The third-order valence-corrected chi connectivity index (χ3v) is 3.28. The Kier molecular flexibility index (Phi) is 4.03. The molecule has 0 heterocycles. The van der Waals surface area contributed by atoms with Crippen molar-refractivity contribution >= 4 is 22.7 Å². The summed E-state index contributed by atoms with van der Waals surface area (Å²) in [7, 11) is 0. The summed E-state index contributed by atoms with van der Waals surface area (Å²) in [4.78, 5) is 0. The fourth-order valence-corrected chi connectivity index (χ4v) is 2.23. The van der Waals surface area contributed by atoms with E-state index in [-0.39, 0.29) is 0 Å². The van der Waals surface area contributed by atoms with Gasteiger partial charge in [0.2, 0.25) is 0 Å². The Bertz CT molecular complexity index is 790. The van der Waals surface area contributed by atoms with Crippen LogP contribution in [0.3, 0.4) is 0 Å². The lowest BCUT2D eigenvalue weighted by molar-refractivity contribution is 1.44. The van der Waals surface area contributed by atoms with E-state index in [9.17, 15) is 5.26 Å². The van der Waals surface area contributed by atoms with E-state index in [2.05, 4.69) is 16.7 Å². The molecule has 0 amide bonds. The summed E-state index contributed by atoms with van der Waals surface area (Å²) in [5.41, 5.74) is 4.17. The van der Waals surface area contributed by atoms with Crippen molar-refractivity contribution in [3.05, 3.63) is 84.4 Å². The van der Waals surface area contributed by atoms with Crippen molar-refractivity contribution in [2.24, 2.45) is 0 Å². The minimum atomic E-state index is 0.602. The van der Waals surface area contributed by atoms with Crippen LogP contribution in [-0.2, 0) is 0 Å². The summed E-state index contributed by atoms with van der Waals surface area (Å²) in [5.74, 6) is 0. The Morgan fingerprint density at radius 2 is 1.23 bits per heavy atom. The van der Waals surface area contributed by atoms with Crippen molar-refractivity contribution in [3.63, 3.8) is 0 Å². The van der Waals surface area contributed by atoms with Gasteiger partial charge in [0.15, 0.2) is 0 Å². The van der Waals surface area contributed by atoms with Crippen LogP contribution in [0.2, 0.25) is 0 Å². The number of hydrogen-bond donors (Lipinski definition) is 2. The largest absolute Gasteiger partial charge is 0.354 e. The maximum atomic E-state index is 9.37. The zero-order chi connectivity index (χ0) is 15.2. The number of nitriles is 1. The molecule has 0 saturated heterocycles. The molecule has 3 heteroatoms. The van der Waals surface area contributed by atoms with Crippen LogP contribution in [0.1, 0.15) is 5.56 Å². The van der Waals surface area contributed by atoms with Crippen molar-refractivity contribution < 1.29 is 0 Å². The van der Waals surface area contributed by atoms with Gasteiger partial charge in [0.25, 0.3) is 0 Å². The summed E-state index contributed by atoms with van der Waals surface area (Å²) in [6.45, 7) is 0. The molecule has 2 N–H and O–H groups in total. The number of benzene rings is 3. The van der Waals surface area contributed by atoms with Gasteiger partial charge in [-0.25, -0.2) is 0 Å². The molecule has 0 unspecified atom stereocenters. The number of anilines is 4. The molecule has 0 spiro atoms. The van der Waals surface area contributed by atoms with Crippen LogP contribution in [0, 0.1) is 11.3 Å². The molecule has 0 aliphatic carbocycles. The quantitative estimate of drug-likeness (QED) is 0.705. The second-order valence-electron chi connectivity index (χ2n) is 4.82. The predicted molar refractivity (Wildman–Crippen MR) is 90.6 cm³/mol. The minimum absolute atomic E-state index is 0.602. The second-order valence-corrected chi connectivity index (χ2v) is 4.82. The van der Waals surface area contributed by atoms with Crippen LogP contribution in [0.15, 0.2) is 78.9 Å². The Morgan fingerprint density at radius 1 is 0.636 bits per heavy atom. The molecule has 0 atom stereocenters. The van der Waals surface area contributed by atoms with E-state index in [1.165, 1.54) is 0 Å². The highest BCUT2D eigenvalue weighted by atomic mass is 15.0. The Labute approximate surface area is 129 Å². The van der Waals surface area contributed by atoms with E-state index in [0.717, 1.165) is 22.7 Å². The molecular formula is C19H15N3. The number of para-hydroxylation sites is 3. The summed E-state index contributed by atoms with van der Waals surface area (Å²) in [6, 6.07) is 27.6. The van der Waals surface area contributed by atoms with Gasteiger partial charge < -0.3 is 10.6 Å². The maximum Gasteiger partial charge on any atom is 0.101 e. The first-order chi connectivity index (χ1) is 10.9. The van der Waals surface area contributed by atoms with Gasteiger partial charge in [0.05, 0.1) is 16.9 Å². The Hall–Kier alpha value is -3.25. The highest BCUT2D eigenvalue weighted by Gasteiger charge is 2.08. The SMILES string of the molecule is N#Cc1cccc(Nc2ccccc2)c1Nc1ccccc1. The lowest BCUT2D eigenvalue weighted by atomic mass is 10.1. The van der Waals surface area contributed by atoms with E-state index in [1.807, 2.05) is 72.8 Å². The number of hydrogen-bond acceptors (Lipinski definition) is 3. The zero-order valence-corrected chi connectivity index (χ0v) is 12.0. The first-order valence-corrected chi connectivity index (χ1v) is 7.04. The van der Waals surface area contributed by atoms with Gasteiger partial charge in [-0.1, -0.05) is 42.5 Å². The van der Waals surface area contributed by atoms with Crippen LogP contribution in [0.4, 0.5) is 22.7 Å². The molecule has 0 aromatic heterocycles. The first kappa shape index (κ1) is 13.7. The molecular weight excluding hydrogens is 270 g/mol. The van der Waals surface area contributed by atoms with Gasteiger partial charge in [-0.15, -0.1) is 0 Å². The predicted octanol–water partition coefficient (Wildman–Crippen LogP) is 5.05. The van der Waals surface area contributed by atoms with Crippen molar-refractivity contribution in [2.45, 2.75) is 0 Å². The van der Waals surface area contributed by atoms with E-state index in [4.69, 9.17) is 0 Å². The van der Waals surface area contributed by atoms with Crippen LogP contribution in [0.25, 0.3) is 0 Å². The van der Waals surface area contributed by atoms with Crippen LogP contribution >= 0.6 is 0 Å². The summed E-state index contributed by atoms with van der Waals surface area (Å²) in [6.07, 6.45) is 0. The second kappa shape index (κ2) is 6.47. The lowest BCUT2D eigenvalue weighted by Crippen LogP contribution is -1.99. The molecule has 0 aliphatic rings. The van der Waals surface area contributed by atoms with Crippen LogP contribution in [0.5, 0.6) is 0 Å². The van der Waals surface area contributed by atoms with Gasteiger partial charge in [-0.3, -0.25) is 0 Å². The molecule has 0 fully saturated rings. The number of nitrogens with one attached hydrogen (secondary N) is 2. The summed E-state index contributed by atoms with van der Waals surface area (Å²) in [5, 5.41) is 16.1. The van der Waals surface area contributed by atoms with Gasteiger partial charge in [0, 0.05) is 11.4 Å². The molecule has 0 radical (unpaired) electrons. The fourth-order valence-electron chi connectivity index (χ4n) is 2.23. The van der Waals surface area contributed by atoms with E-state index in [0.29, 0.717) is 5.56 Å². The van der Waals surface area contributed by atoms with Crippen LogP contribution in [-0.4, -0.2) is 0 Å². The normalized spacial score (nSPS) is 9.77. The van der Waals surface area contributed by atoms with E-state index < -0.39 is 0 Å². The molecule has 0 bridgehead atoms. The third kappa shape index (κ3) is 3.08. The zero-order valence-electron chi connectivity index (χ0n) is 12.0. The summed E-state index contributed by atoms with van der Waals surface area (Å²) < 4.78 is 0. The average molecular weight is 285 g/mol. The summed E-state index contributed by atoms with van der Waals surface area (Å²) >= 11 is 0. The van der Waals surface area contributed by atoms with E-state index >= 15 is 0 Å². The standard InChI is InChI=1S/C19H15N3/c20-14-15-8-7-13-18(21-16-9-3-1-4-10-16)19(15)22-17-11-5-2-6-12-17/h1-13,21-22H. The Morgan fingerprint density at radius 3 is 1.82 bits per heavy atom. The van der Waals surface area contributed by atoms with Gasteiger partial charge in [-0.05, 0) is 36.4 Å². The van der Waals surface area contributed by atoms with E-state index in [1.54, 1.807) is 6.07 Å². The van der Waals surface area contributed by atoms with Gasteiger partial charge in [-0.2, -0.15) is 5.26 Å². The molecule has 3 aromatic rings. The minimum Gasteiger partial charge on any atom is -0.354 e. The lowest BCUT2D eigenvalue weighted by Gasteiger charge is -2.15. The van der Waals surface area contributed by atoms with Crippen molar-refractivity contribution in [2.75, 3.05) is 10.6 Å². The third-order valence-electron chi connectivity index (χ3n) is 3.28. The molecule has 3 aromatic carbocycles. The van der Waals surface area contributed by atoms with Crippen molar-refractivity contribution in [1.82, 2.24) is 0 Å². The van der Waals surface area contributed by atoms with Gasteiger partial charge in [0.1, 0.15) is 6.07 Å². The highest BCUT2D eigenvalue weighted by molar-refractivity contribution is 5.82. The molecule has 0 aliphatic heterocycles. The molecule has 106 valence electrons. The molecule has 3 rings (SSSR count). The fraction of sp³-hybridized carbons (Fsp3) is 0. The average Bonchev–Trinajstić information content (AvgIpc) is 2.58. The van der Waals surface area contributed by atoms with Crippen molar-refractivity contribution in [3.8, 4) is 6.07 Å².